The SMILES string of the molecule is CCOc1cc(/C=N/NC(=O)c2cc(-c3ccccc3)nc(=O)[nH]2)cc(Cl)c1O. The molecule has 0 saturated heterocycles. The first kappa shape index (κ1) is 20.1. The van der Waals surface area contributed by atoms with Crippen molar-refractivity contribution in [2.24, 2.45) is 5.10 Å². The highest BCUT2D eigenvalue weighted by Crippen LogP contribution is 2.34. The Kier molecular flexibility index (Phi) is 6.25. The molecule has 3 aromatic rings. The van der Waals surface area contributed by atoms with E-state index in [0.717, 1.165) is 0 Å². The molecule has 0 radical (unpaired) electrons. The highest BCUT2D eigenvalue weighted by atomic mass is 35.5. The molecule has 1 amide bonds. The Balaban J connectivity index is 1.78. The first-order chi connectivity index (χ1) is 14.0. The molecule has 0 saturated carbocycles. The van der Waals surface area contributed by atoms with Gasteiger partial charge in [-0.1, -0.05) is 41.9 Å². The zero-order valence-corrected chi connectivity index (χ0v) is 16.1. The van der Waals surface area contributed by atoms with E-state index in [2.05, 4.69) is 20.5 Å². The van der Waals surface area contributed by atoms with E-state index in [-0.39, 0.29) is 22.2 Å². The predicted octanol–water partition coefficient (Wildman–Crippen LogP) is 2.96. The zero-order valence-electron chi connectivity index (χ0n) is 15.3. The van der Waals surface area contributed by atoms with Crippen molar-refractivity contribution in [2.75, 3.05) is 6.61 Å². The van der Waals surface area contributed by atoms with Gasteiger partial charge in [0, 0.05) is 5.56 Å². The van der Waals surface area contributed by atoms with Gasteiger partial charge in [-0.2, -0.15) is 10.1 Å². The van der Waals surface area contributed by atoms with Crippen molar-refractivity contribution in [3.05, 3.63) is 75.3 Å². The quantitative estimate of drug-likeness (QED) is 0.425. The fourth-order valence-corrected chi connectivity index (χ4v) is 2.72. The summed E-state index contributed by atoms with van der Waals surface area (Å²) in [7, 11) is 0. The van der Waals surface area contributed by atoms with Gasteiger partial charge in [-0.05, 0) is 30.7 Å². The number of carbonyl (C=O) groups excluding carboxylic acids is 1. The molecule has 0 atom stereocenters. The highest BCUT2D eigenvalue weighted by molar-refractivity contribution is 6.32. The van der Waals surface area contributed by atoms with Crippen LogP contribution in [-0.4, -0.2) is 33.8 Å². The van der Waals surface area contributed by atoms with E-state index in [9.17, 15) is 14.7 Å². The molecule has 0 aliphatic rings. The molecule has 1 heterocycles. The van der Waals surface area contributed by atoms with Crippen LogP contribution in [0, 0.1) is 0 Å². The molecule has 0 aliphatic heterocycles. The van der Waals surface area contributed by atoms with E-state index >= 15 is 0 Å². The number of aromatic nitrogens is 2. The number of amides is 1. The molecular formula is C20H17ClN4O4. The summed E-state index contributed by atoms with van der Waals surface area (Å²) in [6.07, 6.45) is 1.34. The number of hydrogen-bond donors (Lipinski definition) is 3. The Morgan fingerprint density at radius 2 is 2.07 bits per heavy atom. The van der Waals surface area contributed by atoms with Gasteiger partial charge in [-0.15, -0.1) is 0 Å². The number of H-pyrrole nitrogens is 1. The van der Waals surface area contributed by atoms with Crippen molar-refractivity contribution in [1.29, 1.82) is 0 Å². The minimum absolute atomic E-state index is 0.0137. The summed E-state index contributed by atoms with van der Waals surface area (Å²) < 4.78 is 5.29. The van der Waals surface area contributed by atoms with Gasteiger partial charge < -0.3 is 14.8 Å². The lowest BCUT2D eigenvalue weighted by molar-refractivity contribution is 0.0949. The van der Waals surface area contributed by atoms with Crippen LogP contribution in [-0.2, 0) is 0 Å². The standard InChI is InChI=1S/C20H17ClN4O4/c1-2-29-17-9-12(8-14(21)18(17)26)11-22-25-19(27)16-10-15(23-20(28)24-16)13-6-4-3-5-7-13/h3-11,26H,2H2,1H3,(H,25,27)(H,23,24,28)/b22-11+. The Labute approximate surface area is 170 Å². The van der Waals surface area contributed by atoms with Crippen LogP contribution in [0.3, 0.4) is 0 Å². The number of phenols is 1. The van der Waals surface area contributed by atoms with Crippen LogP contribution in [0.5, 0.6) is 11.5 Å². The van der Waals surface area contributed by atoms with Crippen LogP contribution < -0.4 is 15.9 Å². The number of carbonyl (C=O) groups is 1. The Morgan fingerprint density at radius 3 is 2.79 bits per heavy atom. The van der Waals surface area contributed by atoms with Crippen LogP contribution in [0.1, 0.15) is 23.0 Å². The average molecular weight is 413 g/mol. The molecule has 0 unspecified atom stereocenters. The van der Waals surface area contributed by atoms with Crippen molar-refractivity contribution in [3.63, 3.8) is 0 Å². The van der Waals surface area contributed by atoms with Gasteiger partial charge in [0.15, 0.2) is 11.5 Å². The minimum Gasteiger partial charge on any atom is -0.503 e. The number of aromatic hydroxyl groups is 1. The number of nitrogens with zero attached hydrogens (tertiary/aromatic N) is 2. The average Bonchev–Trinajstić information content (AvgIpc) is 2.72. The largest absolute Gasteiger partial charge is 0.503 e. The van der Waals surface area contributed by atoms with Gasteiger partial charge in [0.2, 0.25) is 0 Å². The summed E-state index contributed by atoms with van der Waals surface area (Å²) in [5.41, 5.74) is 3.27. The normalized spacial score (nSPS) is 10.8. The maximum absolute atomic E-state index is 12.3. The summed E-state index contributed by atoms with van der Waals surface area (Å²) in [4.78, 5) is 30.4. The minimum atomic E-state index is -0.646. The lowest BCUT2D eigenvalue weighted by Crippen LogP contribution is -2.24. The first-order valence-electron chi connectivity index (χ1n) is 8.63. The van der Waals surface area contributed by atoms with Gasteiger partial charge in [0.05, 0.1) is 23.5 Å². The summed E-state index contributed by atoms with van der Waals surface area (Å²) in [6.45, 7) is 2.12. The first-order valence-corrected chi connectivity index (χ1v) is 9.01. The third-order valence-corrected chi connectivity index (χ3v) is 4.08. The smallest absolute Gasteiger partial charge is 0.346 e. The molecule has 3 N–H and O–H groups in total. The summed E-state index contributed by atoms with van der Waals surface area (Å²) in [6, 6.07) is 13.5. The summed E-state index contributed by atoms with van der Waals surface area (Å²) >= 11 is 5.96. The fourth-order valence-electron chi connectivity index (χ4n) is 2.50. The number of ether oxygens (including phenoxy) is 1. The summed E-state index contributed by atoms with van der Waals surface area (Å²) in [5, 5.41) is 13.8. The number of hydrogen-bond acceptors (Lipinski definition) is 6. The highest BCUT2D eigenvalue weighted by Gasteiger charge is 2.11. The summed E-state index contributed by atoms with van der Waals surface area (Å²) in [5.74, 6) is -0.580. The Bertz CT molecular complexity index is 1110. The van der Waals surface area contributed by atoms with E-state index < -0.39 is 11.6 Å². The van der Waals surface area contributed by atoms with Crippen LogP contribution in [0.25, 0.3) is 11.3 Å². The van der Waals surface area contributed by atoms with Crippen molar-refractivity contribution >= 4 is 23.7 Å². The molecule has 29 heavy (non-hydrogen) atoms. The van der Waals surface area contributed by atoms with E-state index in [1.165, 1.54) is 24.4 Å². The molecule has 148 valence electrons. The lowest BCUT2D eigenvalue weighted by atomic mass is 10.1. The number of nitrogens with one attached hydrogen (secondary N) is 2. The Hall–Kier alpha value is -3.65. The second-order valence-electron chi connectivity index (χ2n) is 5.83. The molecule has 2 aromatic carbocycles. The molecule has 8 nitrogen and oxygen atoms in total. The van der Waals surface area contributed by atoms with Crippen molar-refractivity contribution < 1.29 is 14.6 Å². The molecule has 0 bridgehead atoms. The molecule has 0 aliphatic carbocycles. The van der Waals surface area contributed by atoms with Crippen molar-refractivity contribution in [3.8, 4) is 22.8 Å². The number of rotatable bonds is 6. The second-order valence-corrected chi connectivity index (χ2v) is 6.24. The van der Waals surface area contributed by atoms with Crippen LogP contribution in [0.4, 0.5) is 0 Å². The monoisotopic (exact) mass is 412 g/mol. The molecule has 3 rings (SSSR count). The number of hydrazone groups is 1. The fraction of sp³-hybridized carbons (Fsp3) is 0.100. The van der Waals surface area contributed by atoms with Crippen molar-refractivity contribution in [2.45, 2.75) is 6.92 Å². The van der Waals surface area contributed by atoms with Crippen molar-refractivity contribution in [1.82, 2.24) is 15.4 Å². The molecular weight excluding hydrogens is 396 g/mol. The lowest BCUT2D eigenvalue weighted by Gasteiger charge is -2.08. The maximum Gasteiger partial charge on any atom is 0.346 e. The van der Waals surface area contributed by atoms with Crippen LogP contribution >= 0.6 is 11.6 Å². The van der Waals surface area contributed by atoms with E-state index in [4.69, 9.17) is 16.3 Å². The zero-order chi connectivity index (χ0) is 20.8. The van der Waals surface area contributed by atoms with Gasteiger partial charge in [0.1, 0.15) is 5.69 Å². The predicted molar refractivity (Wildman–Crippen MR) is 110 cm³/mol. The van der Waals surface area contributed by atoms with Crippen LogP contribution in [0.15, 0.2) is 58.4 Å². The van der Waals surface area contributed by atoms with Crippen LogP contribution in [0.2, 0.25) is 5.02 Å². The van der Waals surface area contributed by atoms with E-state index in [1.54, 1.807) is 19.1 Å². The third kappa shape index (κ3) is 4.99. The number of benzene rings is 2. The number of halogens is 1. The molecule has 9 heteroatoms. The maximum atomic E-state index is 12.3. The third-order valence-electron chi connectivity index (χ3n) is 3.79. The topological polar surface area (TPSA) is 117 Å². The Morgan fingerprint density at radius 1 is 1.31 bits per heavy atom. The number of phenolic OH excluding ortho intramolecular Hbond substituents is 1. The second kappa shape index (κ2) is 9.03. The van der Waals surface area contributed by atoms with Gasteiger partial charge in [-0.25, -0.2) is 10.2 Å². The molecule has 0 fully saturated rings. The van der Waals surface area contributed by atoms with E-state index in [0.29, 0.717) is 23.4 Å². The van der Waals surface area contributed by atoms with E-state index in [1.807, 2.05) is 18.2 Å². The van der Waals surface area contributed by atoms with Gasteiger partial charge in [-0.3, -0.25) is 4.79 Å². The molecule has 0 spiro atoms. The van der Waals surface area contributed by atoms with Gasteiger partial charge in [0.25, 0.3) is 5.91 Å². The van der Waals surface area contributed by atoms with Gasteiger partial charge >= 0.3 is 5.69 Å². The number of aromatic amines is 1. The molecule has 1 aromatic heterocycles.